The molecule has 0 bridgehead atoms. The van der Waals surface area contributed by atoms with Gasteiger partial charge >= 0.3 is 0 Å². The molecule has 7 heteroatoms. The fraction of sp³-hybridized carbons (Fsp3) is 0. The number of hydrogen-bond donors (Lipinski definition) is 1. The van der Waals surface area contributed by atoms with Crippen LogP contribution >= 0.6 is 27.3 Å². The molecular formula is C21H13BrN4OS. The van der Waals surface area contributed by atoms with E-state index in [1.807, 2.05) is 48.5 Å². The van der Waals surface area contributed by atoms with Crippen LogP contribution in [-0.2, 0) is 0 Å². The number of aromatic nitrogens is 3. The van der Waals surface area contributed by atoms with E-state index < -0.39 is 0 Å². The van der Waals surface area contributed by atoms with Crippen LogP contribution < -0.4 is 10.1 Å². The molecule has 5 nitrogen and oxygen atoms in total. The van der Waals surface area contributed by atoms with Crippen molar-refractivity contribution in [3.63, 3.8) is 0 Å². The molecule has 28 heavy (non-hydrogen) atoms. The average Bonchev–Trinajstić information content (AvgIpc) is 3.10. The quantitative estimate of drug-likeness (QED) is 0.338. The largest absolute Gasteiger partial charge is 0.438 e. The molecule has 2 aromatic carbocycles. The zero-order valence-corrected chi connectivity index (χ0v) is 16.9. The van der Waals surface area contributed by atoms with E-state index in [2.05, 4.69) is 48.3 Å². The first-order chi connectivity index (χ1) is 13.8. The Morgan fingerprint density at radius 3 is 2.79 bits per heavy atom. The lowest BCUT2D eigenvalue weighted by Crippen LogP contribution is -1.94. The molecule has 5 aromatic rings. The van der Waals surface area contributed by atoms with Crippen molar-refractivity contribution in [3.05, 3.63) is 77.0 Å². The van der Waals surface area contributed by atoms with Gasteiger partial charge in [0.1, 0.15) is 12.1 Å². The summed E-state index contributed by atoms with van der Waals surface area (Å²) in [6.45, 7) is 0. The third-order valence-electron chi connectivity index (χ3n) is 4.24. The van der Waals surface area contributed by atoms with Crippen molar-refractivity contribution in [2.24, 2.45) is 0 Å². The van der Waals surface area contributed by atoms with Gasteiger partial charge in [0.15, 0.2) is 5.82 Å². The van der Waals surface area contributed by atoms with Crippen molar-refractivity contribution in [3.8, 4) is 11.6 Å². The number of rotatable bonds is 4. The minimum Gasteiger partial charge on any atom is -0.438 e. The molecule has 3 heterocycles. The van der Waals surface area contributed by atoms with Crippen molar-refractivity contribution < 1.29 is 4.74 Å². The monoisotopic (exact) mass is 448 g/mol. The molecule has 0 saturated heterocycles. The van der Waals surface area contributed by atoms with E-state index in [0.717, 1.165) is 42.0 Å². The van der Waals surface area contributed by atoms with Gasteiger partial charge in [-0.15, -0.1) is 11.3 Å². The molecule has 136 valence electrons. The summed E-state index contributed by atoms with van der Waals surface area (Å²) in [5.74, 6) is 2.14. The van der Waals surface area contributed by atoms with Gasteiger partial charge in [0.25, 0.3) is 0 Å². The van der Waals surface area contributed by atoms with Gasteiger partial charge in [0.05, 0.1) is 14.0 Å². The second-order valence-electron chi connectivity index (χ2n) is 6.07. The van der Waals surface area contributed by atoms with E-state index >= 15 is 0 Å². The van der Waals surface area contributed by atoms with Gasteiger partial charge in [-0.05, 0) is 57.7 Å². The highest BCUT2D eigenvalue weighted by molar-refractivity contribution is 9.11. The van der Waals surface area contributed by atoms with Crippen molar-refractivity contribution in [1.29, 1.82) is 0 Å². The predicted molar refractivity (Wildman–Crippen MR) is 117 cm³/mol. The summed E-state index contributed by atoms with van der Waals surface area (Å²) in [6, 6.07) is 19.7. The summed E-state index contributed by atoms with van der Waals surface area (Å²) in [7, 11) is 0. The molecule has 0 unspecified atom stereocenters. The Kier molecular flexibility index (Phi) is 4.38. The molecule has 0 aliphatic carbocycles. The van der Waals surface area contributed by atoms with Crippen LogP contribution in [0.15, 0.2) is 77.0 Å². The Hall–Kier alpha value is -3.03. The highest BCUT2D eigenvalue weighted by atomic mass is 79.9. The number of pyridine rings is 1. The summed E-state index contributed by atoms with van der Waals surface area (Å²) >= 11 is 5.12. The number of benzene rings is 2. The van der Waals surface area contributed by atoms with Gasteiger partial charge in [-0.2, -0.15) is 0 Å². The number of thiophene rings is 1. The van der Waals surface area contributed by atoms with E-state index in [4.69, 9.17) is 4.74 Å². The number of nitrogens with one attached hydrogen (secondary N) is 1. The Bertz CT molecular complexity index is 1290. The Balaban J connectivity index is 1.50. The Labute approximate surface area is 173 Å². The lowest BCUT2D eigenvalue weighted by atomic mass is 10.1. The number of hydrogen-bond acceptors (Lipinski definition) is 6. The predicted octanol–water partition coefficient (Wildman–Crippen LogP) is 6.54. The maximum atomic E-state index is 5.95. The summed E-state index contributed by atoms with van der Waals surface area (Å²) in [5.41, 5.74) is 1.87. The zero-order chi connectivity index (χ0) is 18.9. The first kappa shape index (κ1) is 17.1. The number of halogens is 1. The van der Waals surface area contributed by atoms with E-state index in [1.54, 1.807) is 23.9 Å². The molecule has 1 N–H and O–H groups in total. The smallest absolute Gasteiger partial charge is 0.219 e. The van der Waals surface area contributed by atoms with Crippen LogP contribution in [0.4, 0.5) is 11.5 Å². The van der Waals surface area contributed by atoms with E-state index in [0.29, 0.717) is 5.88 Å². The Morgan fingerprint density at radius 2 is 1.89 bits per heavy atom. The fourth-order valence-electron chi connectivity index (χ4n) is 2.99. The molecule has 0 aliphatic rings. The molecule has 3 aromatic heterocycles. The number of anilines is 2. The maximum Gasteiger partial charge on any atom is 0.219 e. The minimum atomic E-state index is 0.573. The lowest BCUT2D eigenvalue weighted by Gasteiger charge is -2.11. The third-order valence-corrected chi connectivity index (χ3v) is 5.87. The number of ether oxygens (including phenoxy) is 1. The molecule has 5 rings (SSSR count). The second-order valence-corrected chi connectivity index (χ2v) is 8.51. The second kappa shape index (κ2) is 7.18. The first-order valence-electron chi connectivity index (χ1n) is 8.55. The van der Waals surface area contributed by atoms with Crippen molar-refractivity contribution in [2.75, 3.05) is 5.32 Å². The van der Waals surface area contributed by atoms with Crippen LogP contribution in [0.1, 0.15) is 0 Å². The third kappa shape index (κ3) is 3.30. The summed E-state index contributed by atoms with van der Waals surface area (Å²) < 4.78 is 8.00. The van der Waals surface area contributed by atoms with E-state index in [-0.39, 0.29) is 0 Å². The lowest BCUT2D eigenvalue weighted by molar-refractivity contribution is 0.468. The van der Waals surface area contributed by atoms with Gasteiger partial charge in [0.2, 0.25) is 5.88 Å². The molecule has 0 radical (unpaired) electrons. The highest BCUT2D eigenvalue weighted by Crippen LogP contribution is 2.35. The standard InChI is InChI=1S/C21H13BrN4OS/c22-18-11-16-20(28-18)21(25-12-24-16)26-14-7-8-15-13(10-14)4-3-5-17(15)27-19-6-1-2-9-23-19/h1-12H,(H,24,25,26). The number of fused-ring (bicyclic) bond motifs is 2. The van der Waals surface area contributed by atoms with Gasteiger partial charge < -0.3 is 10.1 Å². The molecule has 0 aliphatic heterocycles. The van der Waals surface area contributed by atoms with Gasteiger partial charge in [0, 0.05) is 23.3 Å². The molecule has 0 fully saturated rings. The van der Waals surface area contributed by atoms with Crippen molar-refractivity contribution in [2.45, 2.75) is 0 Å². The molecule has 0 saturated carbocycles. The van der Waals surface area contributed by atoms with Crippen LogP contribution in [0.25, 0.3) is 21.0 Å². The van der Waals surface area contributed by atoms with Crippen LogP contribution in [0, 0.1) is 0 Å². The first-order valence-corrected chi connectivity index (χ1v) is 10.2. The molecular weight excluding hydrogens is 436 g/mol. The number of nitrogens with zero attached hydrogens (tertiary/aromatic N) is 3. The van der Waals surface area contributed by atoms with Crippen LogP contribution in [0.5, 0.6) is 11.6 Å². The zero-order valence-electron chi connectivity index (χ0n) is 14.5. The van der Waals surface area contributed by atoms with Gasteiger partial charge in [-0.25, -0.2) is 15.0 Å². The van der Waals surface area contributed by atoms with Crippen LogP contribution in [-0.4, -0.2) is 15.0 Å². The Morgan fingerprint density at radius 1 is 0.929 bits per heavy atom. The molecule has 0 spiro atoms. The van der Waals surface area contributed by atoms with Crippen LogP contribution in [0.2, 0.25) is 0 Å². The minimum absolute atomic E-state index is 0.573. The normalized spacial score (nSPS) is 11.0. The molecule has 0 atom stereocenters. The van der Waals surface area contributed by atoms with Crippen molar-refractivity contribution >= 4 is 59.8 Å². The van der Waals surface area contributed by atoms with E-state index in [1.165, 1.54) is 0 Å². The summed E-state index contributed by atoms with van der Waals surface area (Å²) in [5, 5.41) is 5.49. The molecule has 0 amide bonds. The van der Waals surface area contributed by atoms with Gasteiger partial charge in [-0.3, -0.25) is 0 Å². The summed E-state index contributed by atoms with van der Waals surface area (Å²) in [6.07, 6.45) is 3.29. The topological polar surface area (TPSA) is 59.9 Å². The fourth-order valence-corrected chi connectivity index (χ4v) is 4.48. The maximum absolute atomic E-state index is 5.95. The average molecular weight is 449 g/mol. The van der Waals surface area contributed by atoms with Gasteiger partial charge in [-0.1, -0.05) is 18.2 Å². The van der Waals surface area contributed by atoms with Crippen LogP contribution in [0.3, 0.4) is 0 Å². The highest BCUT2D eigenvalue weighted by Gasteiger charge is 2.09. The summed E-state index contributed by atoms with van der Waals surface area (Å²) in [4.78, 5) is 12.9. The SMILES string of the molecule is Brc1cc2ncnc(Nc3ccc4c(Oc5ccccn5)cccc4c3)c2s1. The van der Waals surface area contributed by atoms with E-state index in [9.17, 15) is 0 Å². The van der Waals surface area contributed by atoms with Crippen molar-refractivity contribution in [1.82, 2.24) is 15.0 Å².